The van der Waals surface area contributed by atoms with E-state index < -0.39 is 5.97 Å². The highest BCUT2D eigenvalue weighted by Crippen LogP contribution is 2.07. The minimum atomic E-state index is -0.570. The quantitative estimate of drug-likeness (QED) is 0.368. The average Bonchev–Trinajstić information content (AvgIpc) is 2.58. The maximum absolute atomic E-state index is 11.9. The number of hydrogen-bond donors (Lipinski definition) is 1. The Balaban J connectivity index is 1.77. The van der Waals surface area contributed by atoms with Crippen LogP contribution in [0.4, 0.5) is 0 Å². The molecule has 2 rings (SSSR count). The molecule has 2 aromatic rings. The zero-order chi connectivity index (χ0) is 15.6. The summed E-state index contributed by atoms with van der Waals surface area (Å²) in [6.45, 7) is 0.178. The Kier molecular flexibility index (Phi) is 6.18. The molecule has 0 amide bonds. The van der Waals surface area contributed by atoms with Crippen LogP contribution in [0.1, 0.15) is 24.0 Å². The van der Waals surface area contributed by atoms with Gasteiger partial charge in [0.25, 0.3) is 0 Å². The average molecular weight is 297 g/mol. The number of nitrogens with zero attached hydrogens (tertiary/aromatic N) is 1. The van der Waals surface area contributed by atoms with E-state index in [4.69, 9.17) is 9.94 Å². The first-order chi connectivity index (χ1) is 10.8. The molecule has 0 unspecified atom stereocenters. The van der Waals surface area contributed by atoms with E-state index in [1.54, 1.807) is 0 Å². The molecule has 0 fully saturated rings. The van der Waals surface area contributed by atoms with Crippen molar-refractivity contribution in [2.45, 2.75) is 25.9 Å². The third-order valence-electron chi connectivity index (χ3n) is 3.29. The molecular weight excluding hydrogens is 278 g/mol. The van der Waals surface area contributed by atoms with Gasteiger partial charge in [0.15, 0.2) is 5.71 Å². The van der Waals surface area contributed by atoms with Gasteiger partial charge >= 0.3 is 5.97 Å². The lowest BCUT2D eigenvalue weighted by Crippen LogP contribution is -2.18. The fourth-order valence-electron chi connectivity index (χ4n) is 2.10. The molecular formula is C18H19NO3. The molecule has 0 heterocycles. The molecule has 0 aromatic heterocycles. The molecule has 0 aliphatic carbocycles. The molecule has 0 radical (unpaired) electrons. The summed E-state index contributed by atoms with van der Waals surface area (Å²) in [5, 5.41) is 12.1. The van der Waals surface area contributed by atoms with Crippen LogP contribution in [0, 0.1) is 0 Å². The molecule has 4 nitrogen and oxygen atoms in total. The molecule has 0 bridgehead atoms. The summed E-state index contributed by atoms with van der Waals surface area (Å²) in [7, 11) is 0. The van der Waals surface area contributed by atoms with Gasteiger partial charge in [-0.15, -0.1) is 0 Å². The maximum Gasteiger partial charge on any atom is 0.356 e. The molecule has 0 aliphatic rings. The van der Waals surface area contributed by atoms with Crippen molar-refractivity contribution in [3.63, 3.8) is 0 Å². The zero-order valence-electron chi connectivity index (χ0n) is 12.3. The largest absolute Gasteiger partial charge is 0.456 e. The first-order valence-electron chi connectivity index (χ1n) is 7.25. The van der Waals surface area contributed by atoms with Crippen molar-refractivity contribution in [2.24, 2.45) is 5.16 Å². The fraction of sp³-hybridized carbons (Fsp3) is 0.222. The normalized spacial score (nSPS) is 11.2. The van der Waals surface area contributed by atoms with E-state index in [1.807, 2.05) is 60.7 Å². The Morgan fingerprint density at radius 1 is 0.955 bits per heavy atom. The van der Waals surface area contributed by atoms with Crippen molar-refractivity contribution in [1.82, 2.24) is 0 Å². The van der Waals surface area contributed by atoms with Crippen molar-refractivity contribution in [3.05, 3.63) is 71.8 Å². The van der Waals surface area contributed by atoms with Crippen LogP contribution in [-0.4, -0.2) is 16.9 Å². The van der Waals surface area contributed by atoms with Gasteiger partial charge in [-0.2, -0.15) is 0 Å². The number of esters is 1. The summed E-state index contributed by atoms with van der Waals surface area (Å²) < 4.78 is 5.15. The molecule has 2 aromatic carbocycles. The Labute approximate surface area is 130 Å². The Morgan fingerprint density at radius 2 is 1.55 bits per heavy atom. The number of aryl methyl sites for hydroxylation is 1. The lowest BCUT2D eigenvalue weighted by atomic mass is 10.1. The van der Waals surface area contributed by atoms with Crippen LogP contribution in [0.25, 0.3) is 0 Å². The SMILES string of the molecule is O=C(OCc1ccccc1)C(CCCc1ccccc1)=NO. The van der Waals surface area contributed by atoms with Gasteiger partial charge in [0.1, 0.15) is 6.61 Å². The van der Waals surface area contributed by atoms with Crippen LogP contribution in [0.15, 0.2) is 65.8 Å². The van der Waals surface area contributed by atoms with E-state index in [0.717, 1.165) is 18.4 Å². The first kappa shape index (κ1) is 15.8. The van der Waals surface area contributed by atoms with Crippen molar-refractivity contribution < 1.29 is 14.7 Å². The van der Waals surface area contributed by atoms with Crippen molar-refractivity contribution in [2.75, 3.05) is 0 Å². The Hall–Kier alpha value is -2.62. The monoisotopic (exact) mass is 297 g/mol. The van der Waals surface area contributed by atoms with Crippen LogP contribution >= 0.6 is 0 Å². The van der Waals surface area contributed by atoms with E-state index in [0.29, 0.717) is 6.42 Å². The fourth-order valence-corrected chi connectivity index (χ4v) is 2.10. The third kappa shape index (κ3) is 5.05. The predicted molar refractivity (Wildman–Crippen MR) is 84.8 cm³/mol. The van der Waals surface area contributed by atoms with Gasteiger partial charge in [-0.05, 0) is 24.0 Å². The second-order valence-corrected chi connectivity index (χ2v) is 4.95. The van der Waals surface area contributed by atoms with Crippen LogP contribution in [-0.2, 0) is 22.6 Å². The highest BCUT2D eigenvalue weighted by molar-refractivity contribution is 6.36. The van der Waals surface area contributed by atoms with Crippen molar-refractivity contribution in [3.8, 4) is 0 Å². The molecule has 4 heteroatoms. The van der Waals surface area contributed by atoms with Gasteiger partial charge < -0.3 is 9.94 Å². The summed E-state index contributed by atoms with van der Waals surface area (Å²) >= 11 is 0. The smallest absolute Gasteiger partial charge is 0.356 e. The number of hydrogen-bond acceptors (Lipinski definition) is 4. The van der Waals surface area contributed by atoms with E-state index in [9.17, 15) is 4.79 Å². The number of ether oxygens (including phenoxy) is 1. The number of carbonyl (C=O) groups is 1. The van der Waals surface area contributed by atoms with Gasteiger partial charge in [-0.25, -0.2) is 4.79 Å². The minimum Gasteiger partial charge on any atom is -0.456 e. The minimum absolute atomic E-state index is 0.0619. The van der Waals surface area contributed by atoms with Crippen molar-refractivity contribution in [1.29, 1.82) is 0 Å². The van der Waals surface area contributed by atoms with Gasteiger partial charge in [0.2, 0.25) is 0 Å². The second-order valence-electron chi connectivity index (χ2n) is 4.95. The zero-order valence-corrected chi connectivity index (χ0v) is 12.3. The Morgan fingerprint density at radius 3 is 2.14 bits per heavy atom. The number of oxime groups is 1. The molecule has 22 heavy (non-hydrogen) atoms. The summed E-state index contributed by atoms with van der Waals surface area (Å²) in [6, 6.07) is 19.4. The Bertz CT molecular complexity index is 609. The lowest BCUT2D eigenvalue weighted by molar-refractivity contribution is -0.137. The molecule has 0 saturated carbocycles. The summed E-state index contributed by atoms with van der Waals surface area (Å²) in [4.78, 5) is 11.9. The highest BCUT2D eigenvalue weighted by Gasteiger charge is 2.13. The van der Waals surface area contributed by atoms with E-state index in [2.05, 4.69) is 5.16 Å². The topological polar surface area (TPSA) is 58.9 Å². The lowest BCUT2D eigenvalue weighted by Gasteiger charge is -2.06. The highest BCUT2D eigenvalue weighted by atomic mass is 16.5. The van der Waals surface area contributed by atoms with Gasteiger partial charge in [-0.1, -0.05) is 65.8 Å². The molecule has 1 N–H and O–H groups in total. The van der Waals surface area contributed by atoms with E-state index >= 15 is 0 Å². The number of carbonyl (C=O) groups excluding carboxylic acids is 1. The molecule has 114 valence electrons. The number of rotatable bonds is 7. The van der Waals surface area contributed by atoms with Gasteiger partial charge in [0.05, 0.1) is 0 Å². The van der Waals surface area contributed by atoms with Gasteiger partial charge in [0, 0.05) is 6.42 Å². The molecule has 0 spiro atoms. The molecule has 0 aliphatic heterocycles. The van der Waals surface area contributed by atoms with E-state index in [-0.39, 0.29) is 12.3 Å². The summed E-state index contributed by atoms with van der Waals surface area (Å²) in [5.41, 5.74) is 2.15. The molecule has 0 atom stereocenters. The standard InChI is InChI=1S/C18H19NO3/c20-18(22-14-16-10-5-2-6-11-16)17(19-21)13-7-12-15-8-3-1-4-9-15/h1-6,8-11,21H,7,12-14H2. The van der Waals surface area contributed by atoms with E-state index in [1.165, 1.54) is 5.56 Å². The second kappa shape index (κ2) is 8.62. The maximum atomic E-state index is 11.9. The molecule has 0 saturated heterocycles. The van der Waals surface area contributed by atoms with Gasteiger partial charge in [-0.3, -0.25) is 0 Å². The van der Waals surface area contributed by atoms with Crippen LogP contribution in [0.3, 0.4) is 0 Å². The summed E-state index contributed by atoms with van der Waals surface area (Å²) in [5.74, 6) is -0.570. The van der Waals surface area contributed by atoms with Crippen LogP contribution in [0.5, 0.6) is 0 Å². The van der Waals surface area contributed by atoms with Crippen molar-refractivity contribution >= 4 is 11.7 Å². The third-order valence-corrected chi connectivity index (χ3v) is 3.29. The number of benzene rings is 2. The van der Waals surface area contributed by atoms with Crippen LogP contribution < -0.4 is 0 Å². The first-order valence-corrected chi connectivity index (χ1v) is 7.25. The van der Waals surface area contributed by atoms with Crippen LogP contribution in [0.2, 0.25) is 0 Å². The summed E-state index contributed by atoms with van der Waals surface area (Å²) in [6.07, 6.45) is 1.94. The predicted octanol–water partition coefficient (Wildman–Crippen LogP) is 3.58.